The second-order valence-corrected chi connectivity index (χ2v) is 18.6. The van der Waals surface area contributed by atoms with Crippen molar-refractivity contribution in [1.82, 2.24) is 10.6 Å². The zero-order valence-electron chi connectivity index (χ0n) is 44.3. The van der Waals surface area contributed by atoms with Gasteiger partial charge in [0.05, 0.1) is 20.1 Å². The molecule has 0 radical (unpaired) electrons. The molecule has 0 aliphatic carbocycles. The van der Waals surface area contributed by atoms with Crippen molar-refractivity contribution in [2.75, 3.05) is 14.2 Å². The molecule has 0 aliphatic rings. The standard InChI is InChI=1S/C43H48N2O11.C17H18O5/c1-28(2)38(44-42(49)53-26-31-12-8-6-9-13-31)40(47)55-35-22-18-30(19-23-37(46)52-25-33-16-20-34(51-5)21-17-33)24-36(35)56-41(48)39(29(3)4)45-43(50)54-27-32-14-10-7-11-15-32;1-22-14-5-2-11(3-6-14)8-13(17(20)21)9-12-4-7-15(18)16(19)10-12/h6-18,20-22,24,28-29,38-39H,19,23,25-27H2,1-5H3,(H,44,49)(H,45,50);2-7,10,13,18-19H,8-9H2,1H3,(H,20,21)/t38-,39-;/m0./s1. The number of carboxylic acids is 1. The molecule has 412 valence electrons. The quantitative estimate of drug-likeness (QED) is 0.0164. The molecule has 0 saturated heterocycles. The van der Waals surface area contributed by atoms with Crippen LogP contribution in [0.25, 0.3) is 0 Å². The number of aryl methyl sites for hydroxylation is 1. The Kier molecular flexibility index (Phi) is 23.4. The predicted octanol–water partition coefficient (Wildman–Crippen LogP) is 9.68. The van der Waals surface area contributed by atoms with E-state index in [9.17, 15) is 44.1 Å². The molecule has 18 nitrogen and oxygen atoms in total. The van der Waals surface area contributed by atoms with Gasteiger partial charge in [0.2, 0.25) is 0 Å². The topological polar surface area (TPSA) is 252 Å². The van der Waals surface area contributed by atoms with Crippen molar-refractivity contribution in [2.24, 2.45) is 17.8 Å². The molecule has 78 heavy (non-hydrogen) atoms. The van der Waals surface area contributed by atoms with Crippen LogP contribution < -0.4 is 29.6 Å². The lowest BCUT2D eigenvalue weighted by atomic mass is 9.92. The fourth-order valence-corrected chi connectivity index (χ4v) is 7.47. The van der Waals surface area contributed by atoms with Crippen LogP contribution in [-0.2, 0) is 72.5 Å². The first kappa shape index (κ1) is 59.8. The molecule has 5 N–H and O–H groups in total. The molecule has 0 aromatic heterocycles. The molecule has 0 spiro atoms. The van der Waals surface area contributed by atoms with Gasteiger partial charge in [-0.25, -0.2) is 19.2 Å². The number of hydrogen-bond donors (Lipinski definition) is 5. The number of carboxylic acid groups (broad SMARTS) is 1. The molecule has 2 amide bonds. The van der Waals surface area contributed by atoms with Gasteiger partial charge in [-0.15, -0.1) is 0 Å². The summed E-state index contributed by atoms with van der Waals surface area (Å²) in [7, 11) is 3.14. The lowest BCUT2D eigenvalue weighted by molar-refractivity contribution is -0.145. The third-order valence-corrected chi connectivity index (χ3v) is 11.9. The van der Waals surface area contributed by atoms with Crippen LogP contribution >= 0.6 is 0 Å². The molecule has 0 fully saturated rings. The summed E-state index contributed by atoms with van der Waals surface area (Å²) in [5.74, 6) is -3.86. The molecule has 6 aromatic carbocycles. The van der Waals surface area contributed by atoms with Crippen LogP contribution in [0.1, 0.15) is 67.5 Å². The minimum absolute atomic E-state index is 0.00343. The number of hydrogen-bond acceptors (Lipinski definition) is 15. The molecular weight excluding hydrogens is 1000 g/mol. The van der Waals surface area contributed by atoms with Gasteiger partial charge in [-0.3, -0.25) is 9.59 Å². The SMILES string of the molecule is COc1ccc(CC(Cc2ccc(O)c(O)c2)C(=O)O)cc1.COc1ccc(COC(=O)CCc2ccc(OC(=O)[C@@H](NC(=O)OCc3ccccc3)C(C)C)c(OC(=O)[C@@H](NC(=O)OCc3ccccc3)C(C)C)c2)cc1. The van der Waals surface area contributed by atoms with Gasteiger partial charge in [-0.2, -0.15) is 0 Å². The van der Waals surface area contributed by atoms with Crippen molar-refractivity contribution in [3.8, 4) is 34.5 Å². The van der Waals surface area contributed by atoms with Gasteiger partial charge in [0, 0.05) is 6.42 Å². The van der Waals surface area contributed by atoms with Gasteiger partial charge in [-0.1, -0.05) is 125 Å². The van der Waals surface area contributed by atoms with Crippen LogP contribution in [0.5, 0.6) is 34.5 Å². The van der Waals surface area contributed by atoms with E-state index in [1.54, 1.807) is 115 Å². The summed E-state index contributed by atoms with van der Waals surface area (Å²) in [6.07, 6.45) is -0.813. The molecular formula is C60H66N2O16. The largest absolute Gasteiger partial charge is 0.504 e. The number of benzene rings is 6. The third kappa shape index (κ3) is 19.9. The maximum atomic E-state index is 13.6. The maximum Gasteiger partial charge on any atom is 0.408 e. The fraction of sp³-hybridized carbons (Fsp3) is 0.300. The lowest BCUT2D eigenvalue weighted by Crippen LogP contribution is -2.47. The number of carbonyl (C=O) groups excluding carboxylic acids is 5. The van der Waals surface area contributed by atoms with Gasteiger partial charge < -0.3 is 59.1 Å². The van der Waals surface area contributed by atoms with Crippen LogP contribution in [-0.4, -0.2) is 77.7 Å². The Balaban J connectivity index is 0.000000423. The van der Waals surface area contributed by atoms with E-state index in [-0.39, 0.29) is 62.1 Å². The van der Waals surface area contributed by atoms with E-state index in [0.29, 0.717) is 23.3 Å². The highest BCUT2D eigenvalue weighted by Gasteiger charge is 2.31. The minimum Gasteiger partial charge on any atom is -0.504 e. The number of phenols is 2. The van der Waals surface area contributed by atoms with Crippen LogP contribution in [0.2, 0.25) is 0 Å². The lowest BCUT2D eigenvalue weighted by Gasteiger charge is -2.23. The van der Waals surface area contributed by atoms with Crippen LogP contribution in [0, 0.1) is 17.8 Å². The number of aliphatic carboxylic acids is 1. The van der Waals surface area contributed by atoms with E-state index in [2.05, 4.69) is 10.6 Å². The normalized spacial score (nSPS) is 11.8. The monoisotopic (exact) mass is 1070 g/mol. The molecule has 6 aromatic rings. The number of aromatic hydroxyl groups is 2. The van der Waals surface area contributed by atoms with Crippen LogP contribution in [0.15, 0.2) is 146 Å². The Hall–Kier alpha value is -9.06. The highest BCUT2D eigenvalue weighted by molar-refractivity contribution is 5.86. The Morgan fingerprint density at radius 3 is 1.38 bits per heavy atom. The third-order valence-electron chi connectivity index (χ3n) is 11.9. The van der Waals surface area contributed by atoms with E-state index in [4.69, 9.17) is 33.2 Å². The van der Waals surface area contributed by atoms with Gasteiger partial charge in [-0.05, 0) is 113 Å². The minimum atomic E-state index is -1.15. The number of esters is 3. The Bertz CT molecular complexity index is 2890. The van der Waals surface area contributed by atoms with Crippen molar-refractivity contribution in [3.63, 3.8) is 0 Å². The Morgan fingerprint density at radius 2 is 0.910 bits per heavy atom. The highest BCUT2D eigenvalue weighted by atomic mass is 16.6. The highest BCUT2D eigenvalue weighted by Crippen LogP contribution is 2.31. The smallest absolute Gasteiger partial charge is 0.408 e. The number of ether oxygens (including phenoxy) is 7. The van der Waals surface area contributed by atoms with Gasteiger partial charge >= 0.3 is 36.1 Å². The van der Waals surface area contributed by atoms with Gasteiger partial charge in [0.25, 0.3) is 0 Å². The van der Waals surface area contributed by atoms with Crippen molar-refractivity contribution in [3.05, 3.63) is 179 Å². The number of nitrogens with one attached hydrogen (secondary N) is 2. The van der Waals surface area contributed by atoms with Crippen molar-refractivity contribution >= 4 is 36.1 Å². The van der Waals surface area contributed by atoms with E-state index < -0.39 is 65.9 Å². The van der Waals surface area contributed by atoms with E-state index in [1.807, 2.05) is 48.5 Å². The maximum absolute atomic E-state index is 13.6. The number of rotatable bonds is 24. The second-order valence-electron chi connectivity index (χ2n) is 18.6. The second kappa shape index (κ2) is 30.5. The zero-order valence-corrected chi connectivity index (χ0v) is 44.3. The number of carbonyl (C=O) groups is 6. The Morgan fingerprint density at radius 1 is 0.474 bits per heavy atom. The van der Waals surface area contributed by atoms with Crippen molar-refractivity contribution < 1.29 is 77.2 Å². The molecule has 0 aliphatic heterocycles. The molecule has 0 saturated carbocycles. The average molecular weight is 1070 g/mol. The molecule has 0 bridgehead atoms. The first-order valence-corrected chi connectivity index (χ1v) is 25.1. The summed E-state index contributed by atoms with van der Waals surface area (Å²) in [6.45, 7) is 6.93. The number of amides is 2. The first-order chi connectivity index (χ1) is 37.4. The van der Waals surface area contributed by atoms with Gasteiger partial charge in [0.1, 0.15) is 43.4 Å². The number of methoxy groups -OCH3 is 2. The average Bonchev–Trinajstić information content (AvgIpc) is 3.45. The van der Waals surface area contributed by atoms with Crippen molar-refractivity contribution in [1.29, 1.82) is 0 Å². The van der Waals surface area contributed by atoms with E-state index in [1.165, 1.54) is 24.3 Å². The summed E-state index contributed by atoms with van der Waals surface area (Å²) in [4.78, 5) is 76.7. The summed E-state index contributed by atoms with van der Waals surface area (Å²) < 4.78 is 37.8. The van der Waals surface area contributed by atoms with Gasteiger partial charge in [0.15, 0.2) is 23.0 Å². The zero-order chi connectivity index (χ0) is 56.6. The summed E-state index contributed by atoms with van der Waals surface area (Å²) in [6, 6.07) is 39.1. The van der Waals surface area contributed by atoms with Crippen molar-refractivity contribution in [2.45, 2.75) is 85.3 Å². The molecule has 3 atom stereocenters. The number of phenolic OH excluding ortho intramolecular Hbond substituents is 2. The molecule has 1 unspecified atom stereocenters. The first-order valence-electron chi connectivity index (χ1n) is 25.1. The van der Waals surface area contributed by atoms with Crippen LogP contribution in [0.4, 0.5) is 9.59 Å². The molecule has 18 heteroatoms. The summed E-state index contributed by atoms with van der Waals surface area (Å²) in [5.41, 5.74) is 4.44. The molecule has 0 heterocycles. The predicted molar refractivity (Wildman–Crippen MR) is 287 cm³/mol. The van der Waals surface area contributed by atoms with E-state index >= 15 is 0 Å². The summed E-state index contributed by atoms with van der Waals surface area (Å²) in [5, 5.41) is 33.3. The number of alkyl carbamates (subject to hydrolysis) is 2. The Labute approximate surface area is 453 Å². The van der Waals surface area contributed by atoms with E-state index in [0.717, 1.165) is 28.0 Å². The fourth-order valence-electron chi connectivity index (χ4n) is 7.47. The summed E-state index contributed by atoms with van der Waals surface area (Å²) >= 11 is 0. The molecule has 6 rings (SSSR count). The van der Waals surface area contributed by atoms with Crippen LogP contribution in [0.3, 0.4) is 0 Å².